The first-order chi connectivity index (χ1) is 13.1. The van der Waals surface area contributed by atoms with Crippen LogP contribution in [0.4, 0.5) is 5.95 Å². The molecule has 1 aliphatic rings. The number of hydrogen-bond donors (Lipinski definition) is 1. The lowest BCUT2D eigenvalue weighted by atomic mass is 9.96. The quantitative estimate of drug-likeness (QED) is 0.694. The molecule has 1 aromatic heterocycles. The molecule has 0 radical (unpaired) electrons. The monoisotopic (exact) mass is 380 g/mol. The van der Waals surface area contributed by atoms with Crippen LogP contribution in [0.15, 0.2) is 72.2 Å². The van der Waals surface area contributed by atoms with Crippen molar-refractivity contribution in [2.45, 2.75) is 19.6 Å². The molecule has 1 atom stereocenters. The number of aromatic nitrogens is 3. The van der Waals surface area contributed by atoms with Crippen molar-refractivity contribution in [3.8, 4) is 0 Å². The minimum absolute atomic E-state index is 0.202. The Balaban J connectivity index is 1.67. The summed E-state index contributed by atoms with van der Waals surface area (Å²) in [6.45, 7) is 2.04. The lowest BCUT2D eigenvalue weighted by Crippen LogP contribution is -2.29. The first kappa shape index (κ1) is 17.3. The minimum atomic E-state index is -0.440. The van der Waals surface area contributed by atoms with Gasteiger partial charge in [-0.15, -0.1) is 0 Å². The maximum Gasteiger partial charge on any atom is 0.338 e. The molecular weight excluding hydrogens is 364 g/mol. The van der Waals surface area contributed by atoms with Crippen LogP contribution in [0.1, 0.15) is 24.1 Å². The summed E-state index contributed by atoms with van der Waals surface area (Å²) < 4.78 is 7.26. The van der Waals surface area contributed by atoms with E-state index in [2.05, 4.69) is 15.4 Å². The number of esters is 1. The topological polar surface area (TPSA) is 69.0 Å². The average Bonchev–Trinajstić information content (AvgIpc) is 3.14. The summed E-state index contributed by atoms with van der Waals surface area (Å²) in [5.41, 5.74) is 2.98. The molecule has 1 unspecified atom stereocenters. The molecular formula is C20H17ClN4O2. The van der Waals surface area contributed by atoms with Gasteiger partial charge in [-0.3, -0.25) is 0 Å². The minimum Gasteiger partial charge on any atom is -0.457 e. The average molecular weight is 381 g/mol. The number of allylic oxidation sites excluding steroid dienone is 1. The molecule has 0 fully saturated rings. The second-order valence-corrected chi connectivity index (χ2v) is 6.64. The molecule has 7 heteroatoms. The third-order valence-corrected chi connectivity index (χ3v) is 4.66. The van der Waals surface area contributed by atoms with Crippen molar-refractivity contribution in [2.24, 2.45) is 0 Å². The lowest BCUT2D eigenvalue weighted by Gasteiger charge is -2.28. The highest BCUT2D eigenvalue weighted by atomic mass is 35.5. The van der Waals surface area contributed by atoms with Crippen LogP contribution in [-0.2, 0) is 16.1 Å². The Morgan fingerprint density at radius 3 is 2.67 bits per heavy atom. The molecule has 2 aromatic carbocycles. The summed E-state index contributed by atoms with van der Waals surface area (Å²) in [6, 6.07) is 16.5. The Morgan fingerprint density at radius 2 is 1.93 bits per heavy atom. The van der Waals surface area contributed by atoms with Gasteiger partial charge in [-0.05, 0) is 30.2 Å². The van der Waals surface area contributed by atoms with Gasteiger partial charge in [-0.1, -0.05) is 54.1 Å². The fourth-order valence-corrected chi connectivity index (χ4v) is 3.24. The van der Waals surface area contributed by atoms with E-state index in [1.165, 1.54) is 6.33 Å². The number of carbonyl (C=O) groups excluding carboxylic acids is 1. The van der Waals surface area contributed by atoms with Gasteiger partial charge in [-0.25, -0.2) is 9.48 Å². The summed E-state index contributed by atoms with van der Waals surface area (Å²) >= 11 is 6.02. The zero-order valence-electron chi connectivity index (χ0n) is 14.6. The maximum atomic E-state index is 13.0. The predicted molar refractivity (Wildman–Crippen MR) is 102 cm³/mol. The Morgan fingerprint density at radius 1 is 1.19 bits per heavy atom. The van der Waals surface area contributed by atoms with Crippen LogP contribution in [-0.4, -0.2) is 20.7 Å². The van der Waals surface area contributed by atoms with Crippen molar-refractivity contribution < 1.29 is 9.53 Å². The molecule has 0 saturated carbocycles. The molecule has 0 amide bonds. The standard InChI is InChI=1S/C20H17ClN4O2/c1-13-17(19(26)27-11-14-5-3-2-4-6-14)18(15-7-9-16(21)10-8-15)25-20(24-13)22-12-23-25/h2-10,12,18H,11H2,1H3,(H,22,23,24). The molecule has 1 aliphatic heterocycles. The number of halogens is 1. The zero-order valence-corrected chi connectivity index (χ0v) is 15.3. The Kier molecular flexibility index (Phi) is 4.64. The maximum absolute atomic E-state index is 13.0. The van der Waals surface area contributed by atoms with Gasteiger partial charge in [-0.2, -0.15) is 10.1 Å². The molecule has 0 bridgehead atoms. The van der Waals surface area contributed by atoms with E-state index >= 15 is 0 Å². The number of carbonyl (C=O) groups is 1. The van der Waals surface area contributed by atoms with Crippen LogP contribution >= 0.6 is 11.6 Å². The number of nitrogens with one attached hydrogen (secondary N) is 1. The van der Waals surface area contributed by atoms with Crippen LogP contribution in [0.2, 0.25) is 5.02 Å². The smallest absolute Gasteiger partial charge is 0.338 e. The van der Waals surface area contributed by atoms with Crippen molar-refractivity contribution >= 4 is 23.5 Å². The fraction of sp³-hybridized carbons (Fsp3) is 0.150. The Labute approximate surface area is 161 Å². The van der Waals surface area contributed by atoms with E-state index < -0.39 is 12.0 Å². The highest BCUT2D eigenvalue weighted by molar-refractivity contribution is 6.30. The fourth-order valence-electron chi connectivity index (χ4n) is 3.11. The molecule has 3 aromatic rings. The van der Waals surface area contributed by atoms with E-state index in [4.69, 9.17) is 16.3 Å². The van der Waals surface area contributed by atoms with Crippen LogP contribution in [0.5, 0.6) is 0 Å². The normalized spacial score (nSPS) is 15.9. The van der Waals surface area contributed by atoms with Gasteiger partial charge < -0.3 is 10.1 Å². The van der Waals surface area contributed by atoms with E-state index in [-0.39, 0.29) is 6.61 Å². The van der Waals surface area contributed by atoms with E-state index in [9.17, 15) is 4.79 Å². The third-order valence-electron chi connectivity index (χ3n) is 4.41. The van der Waals surface area contributed by atoms with Gasteiger partial charge >= 0.3 is 5.97 Å². The number of anilines is 1. The van der Waals surface area contributed by atoms with Crippen molar-refractivity contribution in [1.82, 2.24) is 14.8 Å². The number of benzene rings is 2. The van der Waals surface area contributed by atoms with E-state index in [0.29, 0.717) is 22.2 Å². The predicted octanol–water partition coefficient (Wildman–Crippen LogP) is 3.96. The second kappa shape index (κ2) is 7.25. The van der Waals surface area contributed by atoms with Crippen molar-refractivity contribution in [3.05, 3.63) is 88.3 Å². The SMILES string of the molecule is CC1=C(C(=O)OCc2ccccc2)C(c2ccc(Cl)cc2)n2ncnc2N1. The number of fused-ring (bicyclic) bond motifs is 1. The number of ether oxygens (including phenoxy) is 1. The number of nitrogens with zero attached hydrogens (tertiary/aromatic N) is 3. The second-order valence-electron chi connectivity index (χ2n) is 6.21. The van der Waals surface area contributed by atoms with Gasteiger partial charge in [0.1, 0.15) is 19.0 Å². The molecule has 0 spiro atoms. The van der Waals surface area contributed by atoms with Gasteiger partial charge in [0.15, 0.2) is 0 Å². The van der Waals surface area contributed by atoms with Crippen molar-refractivity contribution in [2.75, 3.05) is 5.32 Å². The van der Waals surface area contributed by atoms with Gasteiger partial charge in [0.05, 0.1) is 5.57 Å². The molecule has 1 N–H and O–H groups in total. The first-order valence-electron chi connectivity index (χ1n) is 8.47. The van der Waals surface area contributed by atoms with Crippen molar-refractivity contribution in [1.29, 1.82) is 0 Å². The van der Waals surface area contributed by atoms with Gasteiger partial charge in [0.2, 0.25) is 5.95 Å². The van der Waals surface area contributed by atoms with Crippen LogP contribution in [0, 0.1) is 0 Å². The zero-order chi connectivity index (χ0) is 18.8. The van der Waals surface area contributed by atoms with Gasteiger partial charge in [0, 0.05) is 10.7 Å². The Hall–Kier alpha value is -3.12. The van der Waals surface area contributed by atoms with Gasteiger partial charge in [0.25, 0.3) is 0 Å². The molecule has 0 saturated heterocycles. The molecule has 6 nitrogen and oxygen atoms in total. The number of rotatable bonds is 4. The summed E-state index contributed by atoms with van der Waals surface area (Å²) in [6.07, 6.45) is 1.46. The summed E-state index contributed by atoms with van der Waals surface area (Å²) in [7, 11) is 0. The highest BCUT2D eigenvalue weighted by Crippen LogP contribution is 2.35. The first-order valence-corrected chi connectivity index (χ1v) is 8.85. The largest absolute Gasteiger partial charge is 0.457 e. The highest BCUT2D eigenvalue weighted by Gasteiger charge is 2.34. The lowest BCUT2D eigenvalue weighted by molar-refractivity contribution is -0.140. The third kappa shape index (κ3) is 3.44. The van der Waals surface area contributed by atoms with E-state index in [1.54, 1.807) is 16.8 Å². The Bertz CT molecular complexity index is 996. The summed E-state index contributed by atoms with van der Waals surface area (Å²) in [5, 5.41) is 8.04. The van der Waals surface area contributed by atoms with Crippen LogP contribution in [0.25, 0.3) is 0 Å². The van der Waals surface area contributed by atoms with Crippen molar-refractivity contribution in [3.63, 3.8) is 0 Å². The van der Waals surface area contributed by atoms with Crippen LogP contribution < -0.4 is 5.32 Å². The van der Waals surface area contributed by atoms with Crippen LogP contribution in [0.3, 0.4) is 0 Å². The molecule has 136 valence electrons. The summed E-state index contributed by atoms with van der Waals surface area (Å²) in [4.78, 5) is 17.2. The molecule has 4 rings (SSSR count). The summed E-state index contributed by atoms with van der Waals surface area (Å²) in [5.74, 6) is 0.178. The molecule has 2 heterocycles. The van der Waals surface area contributed by atoms with E-state index in [0.717, 1.165) is 11.1 Å². The molecule has 0 aliphatic carbocycles. The molecule has 27 heavy (non-hydrogen) atoms. The number of hydrogen-bond acceptors (Lipinski definition) is 5. The van der Waals surface area contributed by atoms with E-state index in [1.807, 2.05) is 49.4 Å².